The first-order valence-electron chi connectivity index (χ1n) is 9.07. The van der Waals surface area contributed by atoms with Gasteiger partial charge in [0.25, 0.3) is 0 Å². The molecular formula is C19H27Cl2N3O4. The second-order valence-electron chi connectivity index (χ2n) is 6.01. The number of ether oxygens (including phenoxy) is 1. The molecule has 2 N–H and O–H groups in total. The highest BCUT2D eigenvalue weighted by Gasteiger charge is 2.21. The lowest BCUT2D eigenvalue weighted by Crippen LogP contribution is -2.48. The fourth-order valence-electron chi connectivity index (χ4n) is 2.60. The summed E-state index contributed by atoms with van der Waals surface area (Å²) in [5, 5.41) is 5.10. The number of halogens is 2. The van der Waals surface area contributed by atoms with Gasteiger partial charge in [-0.2, -0.15) is 0 Å². The lowest BCUT2D eigenvalue weighted by atomic mass is 10.0. The number of hydrogen-bond acceptors (Lipinski definition) is 5. The number of nitrogens with zero attached hydrogens (tertiary/aromatic N) is 1. The number of alkyl halides is 2. The summed E-state index contributed by atoms with van der Waals surface area (Å²) < 4.78 is 4.78. The van der Waals surface area contributed by atoms with Gasteiger partial charge in [0.2, 0.25) is 11.8 Å². The number of rotatable bonds is 12. The van der Waals surface area contributed by atoms with Crippen molar-refractivity contribution in [3.05, 3.63) is 29.8 Å². The maximum atomic E-state index is 12.4. The van der Waals surface area contributed by atoms with Crippen molar-refractivity contribution in [3.63, 3.8) is 0 Å². The number of esters is 1. The van der Waals surface area contributed by atoms with Gasteiger partial charge in [0.15, 0.2) is 0 Å². The van der Waals surface area contributed by atoms with E-state index in [9.17, 15) is 14.4 Å². The summed E-state index contributed by atoms with van der Waals surface area (Å²) in [7, 11) is 0. The van der Waals surface area contributed by atoms with E-state index in [0.717, 1.165) is 11.3 Å². The highest BCUT2D eigenvalue weighted by molar-refractivity contribution is 6.18. The number of anilines is 1. The van der Waals surface area contributed by atoms with Crippen LogP contribution in [-0.2, 0) is 25.5 Å². The van der Waals surface area contributed by atoms with Crippen LogP contribution in [0.2, 0.25) is 0 Å². The summed E-state index contributed by atoms with van der Waals surface area (Å²) in [4.78, 5) is 37.3. The van der Waals surface area contributed by atoms with Crippen molar-refractivity contribution in [1.82, 2.24) is 10.6 Å². The molecule has 156 valence electrons. The quantitative estimate of drug-likeness (QED) is 0.388. The zero-order valence-corrected chi connectivity index (χ0v) is 17.7. The number of hydrogen-bond donors (Lipinski definition) is 2. The lowest BCUT2D eigenvalue weighted by molar-refractivity contribution is -0.143. The molecule has 0 aliphatic rings. The summed E-state index contributed by atoms with van der Waals surface area (Å²) in [5.74, 6) is -0.324. The van der Waals surface area contributed by atoms with Gasteiger partial charge in [0, 0.05) is 43.9 Å². The average Bonchev–Trinajstić information content (AvgIpc) is 2.66. The molecule has 2 amide bonds. The van der Waals surface area contributed by atoms with E-state index in [1.807, 2.05) is 24.3 Å². The molecule has 0 bridgehead atoms. The maximum Gasteiger partial charge on any atom is 0.325 e. The van der Waals surface area contributed by atoms with Crippen molar-refractivity contribution >= 4 is 46.7 Å². The molecule has 28 heavy (non-hydrogen) atoms. The smallest absolute Gasteiger partial charge is 0.325 e. The number of benzene rings is 1. The Morgan fingerprint density at radius 3 is 2.21 bits per heavy atom. The van der Waals surface area contributed by atoms with Gasteiger partial charge in [-0.1, -0.05) is 12.1 Å². The van der Waals surface area contributed by atoms with Crippen LogP contribution in [0.15, 0.2) is 24.3 Å². The molecule has 1 aromatic carbocycles. The molecule has 1 atom stereocenters. The molecule has 1 unspecified atom stereocenters. The molecule has 1 aromatic rings. The molecule has 0 aromatic heterocycles. The first kappa shape index (κ1) is 24.0. The number of amides is 2. The maximum absolute atomic E-state index is 12.4. The van der Waals surface area contributed by atoms with Gasteiger partial charge < -0.3 is 20.3 Å². The molecule has 0 aliphatic carbocycles. The third-order valence-electron chi connectivity index (χ3n) is 3.86. The van der Waals surface area contributed by atoms with Crippen LogP contribution in [0, 0.1) is 0 Å². The van der Waals surface area contributed by atoms with Crippen molar-refractivity contribution in [2.45, 2.75) is 26.3 Å². The molecule has 0 fully saturated rings. The van der Waals surface area contributed by atoms with Gasteiger partial charge in [-0.15, -0.1) is 23.2 Å². The molecule has 0 aliphatic heterocycles. The zero-order valence-electron chi connectivity index (χ0n) is 16.2. The third-order valence-corrected chi connectivity index (χ3v) is 4.19. The van der Waals surface area contributed by atoms with E-state index < -0.39 is 17.9 Å². The number of carbonyl (C=O) groups excluding carboxylic acids is 3. The number of nitrogens with one attached hydrogen (secondary N) is 2. The first-order valence-corrected chi connectivity index (χ1v) is 10.1. The Bertz CT molecular complexity index is 635. The van der Waals surface area contributed by atoms with E-state index in [4.69, 9.17) is 27.9 Å². The Balaban J connectivity index is 2.78. The molecule has 0 heterocycles. The average molecular weight is 432 g/mol. The molecular weight excluding hydrogens is 405 g/mol. The van der Waals surface area contributed by atoms with Crippen LogP contribution in [-0.4, -0.2) is 61.8 Å². The Morgan fingerprint density at radius 2 is 1.71 bits per heavy atom. The van der Waals surface area contributed by atoms with Gasteiger partial charge >= 0.3 is 5.97 Å². The monoisotopic (exact) mass is 431 g/mol. The van der Waals surface area contributed by atoms with E-state index in [0.29, 0.717) is 31.3 Å². The van der Waals surface area contributed by atoms with E-state index >= 15 is 0 Å². The minimum Gasteiger partial charge on any atom is -0.465 e. The summed E-state index contributed by atoms with van der Waals surface area (Å²) in [6.45, 7) is 4.38. The van der Waals surface area contributed by atoms with Crippen LogP contribution in [0.5, 0.6) is 0 Å². The minimum atomic E-state index is -0.792. The topological polar surface area (TPSA) is 87.7 Å². The van der Waals surface area contributed by atoms with Crippen molar-refractivity contribution in [1.29, 1.82) is 0 Å². The standard InChI is InChI=1S/C19H27Cl2N3O4/c1-3-28-18(26)13-22-19(27)17(23-14(2)25)12-15-4-6-16(7-5-15)24(10-8-20)11-9-21/h4-7,17H,3,8-13H2,1-2H3,(H,22,27)(H,23,25). The minimum absolute atomic E-state index is 0.237. The van der Waals surface area contributed by atoms with Crippen LogP contribution in [0.1, 0.15) is 19.4 Å². The largest absolute Gasteiger partial charge is 0.465 e. The van der Waals surface area contributed by atoms with E-state index in [-0.39, 0.29) is 19.1 Å². The molecule has 0 radical (unpaired) electrons. The summed E-state index contributed by atoms with van der Waals surface area (Å²) in [6.07, 6.45) is 0.291. The van der Waals surface area contributed by atoms with Gasteiger partial charge in [0.05, 0.1) is 6.61 Å². The predicted molar refractivity (Wildman–Crippen MR) is 111 cm³/mol. The summed E-state index contributed by atoms with van der Waals surface area (Å²) in [6, 6.07) is 6.83. The molecule has 0 saturated heterocycles. The van der Waals surface area contributed by atoms with Gasteiger partial charge in [-0.3, -0.25) is 14.4 Å². The third kappa shape index (κ3) is 8.80. The molecule has 1 rings (SSSR count). The molecule has 7 nitrogen and oxygen atoms in total. The van der Waals surface area contributed by atoms with Crippen LogP contribution in [0.4, 0.5) is 5.69 Å². The summed E-state index contributed by atoms with van der Waals surface area (Å²) in [5.41, 5.74) is 1.85. The van der Waals surface area contributed by atoms with Crippen LogP contribution >= 0.6 is 23.2 Å². The highest BCUT2D eigenvalue weighted by Crippen LogP contribution is 2.16. The fourth-order valence-corrected chi connectivity index (χ4v) is 3.01. The number of carbonyl (C=O) groups is 3. The second-order valence-corrected chi connectivity index (χ2v) is 6.77. The van der Waals surface area contributed by atoms with Crippen LogP contribution in [0.25, 0.3) is 0 Å². The highest BCUT2D eigenvalue weighted by atomic mass is 35.5. The van der Waals surface area contributed by atoms with Crippen molar-refractivity contribution < 1.29 is 19.1 Å². The SMILES string of the molecule is CCOC(=O)CNC(=O)C(Cc1ccc(N(CCCl)CCCl)cc1)NC(C)=O. The van der Waals surface area contributed by atoms with Crippen LogP contribution < -0.4 is 15.5 Å². The molecule has 9 heteroatoms. The van der Waals surface area contributed by atoms with Crippen molar-refractivity contribution in [3.8, 4) is 0 Å². The van der Waals surface area contributed by atoms with E-state index in [1.165, 1.54) is 6.92 Å². The van der Waals surface area contributed by atoms with Crippen LogP contribution in [0.3, 0.4) is 0 Å². The lowest BCUT2D eigenvalue weighted by Gasteiger charge is -2.23. The Hall–Kier alpha value is -1.99. The van der Waals surface area contributed by atoms with Gasteiger partial charge in [0.1, 0.15) is 12.6 Å². The van der Waals surface area contributed by atoms with E-state index in [1.54, 1.807) is 6.92 Å². The fraction of sp³-hybridized carbons (Fsp3) is 0.526. The van der Waals surface area contributed by atoms with Gasteiger partial charge in [-0.05, 0) is 24.6 Å². The van der Waals surface area contributed by atoms with Gasteiger partial charge in [-0.25, -0.2) is 0 Å². The normalized spacial score (nSPS) is 11.4. The van der Waals surface area contributed by atoms with E-state index in [2.05, 4.69) is 15.5 Å². The Kier molecular flexibility index (Phi) is 11.4. The Morgan fingerprint density at radius 1 is 1.11 bits per heavy atom. The molecule has 0 spiro atoms. The first-order chi connectivity index (χ1) is 13.4. The van der Waals surface area contributed by atoms with Crippen molar-refractivity contribution in [2.75, 3.05) is 42.9 Å². The zero-order chi connectivity index (χ0) is 20.9. The summed E-state index contributed by atoms with van der Waals surface area (Å²) >= 11 is 11.7. The second kappa shape index (κ2) is 13.2. The predicted octanol–water partition coefficient (Wildman–Crippen LogP) is 1.70. The Labute approximate surface area is 175 Å². The van der Waals surface area contributed by atoms with Crippen molar-refractivity contribution in [2.24, 2.45) is 0 Å². The molecule has 0 saturated carbocycles.